The summed E-state index contributed by atoms with van der Waals surface area (Å²) in [5.74, 6) is -0.659. The van der Waals surface area contributed by atoms with E-state index in [1.807, 2.05) is 153 Å². The maximum atomic E-state index is 14.4. The fourth-order valence-electron chi connectivity index (χ4n) is 6.51. The fraction of sp³-hybridized carbons (Fsp3) is 0.0638. The zero-order valence-corrected chi connectivity index (χ0v) is 31.1. The second-order valence-corrected chi connectivity index (χ2v) is 16.9. The van der Waals surface area contributed by atoms with E-state index in [9.17, 15) is 9.59 Å². The Hall–Kier alpha value is -5.66. The van der Waals surface area contributed by atoms with Gasteiger partial charge >= 0.3 is 5.97 Å². The van der Waals surface area contributed by atoms with Crippen molar-refractivity contribution in [3.05, 3.63) is 217 Å². The lowest BCUT2D eigenvalue weighted by Gasteiger charge is -2.28. The first-order valence-corrected chi connectivity index (χ1v) is 20.3. The van der Waals surface area contributed by atoms with E-state index in [-0.39, 0.29) is 5.91 Å². The third-order valence-electron chi connectivity index (χ3n) is 8.99. The Morgan fingerprint density at radius 3 is 1.23 bits per heavy atom. The number of carbonyl (C=O) groups is 2. The van der Waals surface area contributed by atoms with Crippen molar-refractivity contribution >= 4 is 59.5 Å². The molecule has 0 spiro atoms. The molecule has 0 radical (unpaired) electrons. The molecule has 0 saturated carbocycles. The molecule has 7 aromatic carbocycles. The minimum Gasteiger partial charge on any atom is -0.452 e. The zero-order valence-electron chi connectivity index (χ0n) is 29.3. The number of nitrogens with one attached hydrogen (secondary N) is 1. The molecule has 1 N–H and O–H groups in total. The maximum Gasteiger partial charge on any atom is 0.339 e. The first-order chi connectivity index (χ1) is 26.1. The van der Waals surface area contributed by atoms with Crippen LogP contribution < -0.4 is 37.1 Å². The summed E-state index contributed by atoms with van der Waals surface area (Å²) in [6.45, 7) is 1.90. The average molecular weight is 728 g/mol. The Labute approximate surface area is 314 Å². The Morgan fingerprint density at radius 2 is 0.792 bits per heavy atom. The van der Waals surface area contributed by atoms with Crippen molar-refractivity contribution < 1.29 is 14.3 Å². The van der Waals surface area contributed by atoms with E-state index in [1.54, 1.807) is 0 Å². The van der Waals surface area contributed by atoms with Gasteiger partial charge in [0.2, 0.25) is 0 Å². The Bertz CT molecular complexity index is 2170. The van der Waals surface area contributed by atoms with Crippen LogP contribution in [-0.4, -0.2) is 17.9 Å². The lowest BCUT2D eigenvalue weighted by Crippen LogP contribution is -2.41. The van der Waals surface area contributed by atoms with Crippen molar-refractivity contribution in [2.45, 2.75) is 19.1 Å². The summed E-state index contributed by atoms with van der Waals surface area (Å²) >= 11 is 0. The van der Waals surface area contributed by atoms with Crippen molar-refractivity contribution in [1.82, 2.24) is 5.32 Å². The van der Waals surface area contributed by atoms with Gasteiger partial charge in [-0.3, -0.25) is 4.79 Å². The van der Waals surface area contributed by atoms with Gasteiger partial charge in [-0.15, -0.1) is 0 Å². The Kier molecular flexibility index (Phi) is 11.6. The molecule has 0 aliphatic carbocycles. The highest BCUT2D eigenvalue weighted by Gasteiger charge is 2.30. The third-order valence-corrected chi connectivity index (χ3v) is 14.0. The van der Waals surface area contributed by atoms with Gasteiger partial charge in [-0.1, -0.05) is 188 Å². The molecule has 6 heteroatoms. The van der Waals surface area contributed by atoms with Gasteiger partial charge in [0.25, 0.3) is 5.91 Å². The molecular formula is C47H39NO3P2. The van der Waals surface area contributed by atoms with Crippen LogP contribution in [0.1, 0.15) is 39.3 Å². The van der Waals surface area contributed by atoms with Crippen LogP contribution in [0.5, 0.6) is 0 Å². The smallest absolute Gasteiger partial charge is 0.339 e. The predicted octanol–water partition coefficient (Wildman–Crippen LogP) is 7.92. The average Bonchev–Trinajstić information content (AvgIpc) is 3.22. The fourth-order valence-corrected chi connectivity index (χ4v) is 11.4. The molecule has 0 aromatic heterocycles. The zero-order chi connectivity index (χ0) is 36.4. The van der Waals surface area contributed by atoms with E-state index < -0.39 is 34.0 Å². The van der Waals surface area contributed by atoms with Crippen LogP contribution in [0.15, 0.2) is 200 Å². The number of carbonyl (C=O) groups excluding carboxylic acids is 2. The molecule has 0 aliphatic rings. The van der Waals surface area contributed by atoms with Gasteiger partial charge in [0.05, 0.1) is 11.6 Å². The van der Waals surface area contributed by atoms with Crippen LogP contribution in [0.25, 0.3) is 0 Å². The minimum absolute atomic E-state index is 0.221. The standard InChI is InChI=1S/C47H39NO3P2/c1-35(48-46(49)41-31-17-19-33-43(41)52(37-23-9-3-10-24-37)38-25-11-4-12-26-38)45(36-21-7-2-8-22-36)51-47(50)42-32-18-20-34-44(42)53(39-27-13-5-14-28-39)40-29-15-6-16-30-40/h2-35,45H,1H3,(H,48,49). The molecule has 0 heterocycles. The highest BCUT2D eigenvalue weighted by Crippen LogP contribution is 2.36. The molecule has 1 amide bonds. The first kappa shape index (κ1) is 35.7. The molecule has 260 valence electrons. The van der Waals surface area contributed by atoms with Crippen molar-refractivity contribution in [1.29, 1.82) is 0 Å². The molecule has 4 nitrogen and oxygen atoms in total. The molecule has 0 fully saturated rings. The number of hydrogen-bond donors (Lipinski definition) is 1. The third kappa shape index (κ3) is 8.37. The molecule has 2 unspecified atom stereocenters. The normalized spacial score (nSPS) is 12.2. The lowest BCUT2D eigenvalue weighted by molar-refractivity contribution is 0.0209. The van der Waals surface area contributed by atoms with Crippen molar-refractivity contribution in [3.8, 4) is 0 Å². The number of ether oxygens (including phenoxy) is 1. The summed E-state index contributed by atoms with van der Waals surface area (Å²) in [4.78, 5) is 28.8. The second kappa shape index (κ2) is 17.2. The lowest BCUT2D eigenvalue weighted by atomic mass is 10.0. The van der Waals surface area contributed by atoms with Crippen LogP contribution in [0, 0.1) is 0 Å². The topological polar surface area (TPSA) is 55.4 Å². The second-order valence-electron chi connectivity index (χ2n) is 12.5. The van der Waals surface area contributed by atoms with Crippen LogP contribution in [0.3, 0.4) is 0 Å². The van der Waals surface area contributed by atoms with E-state index in [2.05, 4.69) is 59.9 Å². The monoisotopic (exact) mass is 727 g/mol. The van der Waals surface area contributed by atoms with Gasteiger partial charge in [0, 0.05) is 5.56 Å². The van der Waals surface area contributed by atoms with Gasteiger partial charge in [0.1, 0.15) is 6.10 Å². The molecule has 0 aliphatic heterocycles. The Balaban J connectivity index is 1.21. The summed E-state index contributed by atoms with van der Waals surface area (Å²) in [6, 6.07) is 65.9. The summed E-state index contributed by atoms with van der Waals surface area (Å²) in [5.41, 5.74) is 1.90. The van der Waals surface area contributed by atoms with Crippen molar-refractivity contribution in [2.24, 2.45) is 0 Å². The minimum atomic E-state index is -1.06. The van der Waals surface area contributed by atoms with Gasteiger partial charge in [-0.05, 0) is 72.3 Å². The highest BCUT2D eigenvalue weighted by atomic mass is 31.1. The largest absolute Gasteiger partial charge is 0.452 e. The molecule has 53 heavy (non-hydrogen) atoms. The van der Waals surface area contributed by atoms with E-state index in [0.717, 1.165) is 37.4 Å². The number of esters is 1. The molecule has 0 saturated heterocycles. The van der Waals surface area contributed by atoms with Gasteiger partial charge in [-0.2, -0.15) is 0 Å². The summed E-state index contributed by atoms with van der Waals surface area (Å²) in [6.07, 6.45) is -0.752. The molecular weight excluding hydrogens is 688 g/mol. The number of hydrogen-bond acceptors (Lipinski definition) is 3. The van der Waals surface area contributed by atoms with Crippen LogP contribution in [-0.2, 0) is 4.74 Å². The summed E-state index contributed by atoms with van der Waals surface area (Å²) in [5, 5.41) is 9.70. The maximum absolute atomic E-state index is 14.4. The molecule has 7 aromatic rings. The number of amides is 1. The van der Waals surface area contributed by atoms with E-state index in [4.69, 9.17) is 4.74 Å². The molecule has 2 atom stereocenters. The van der Waals surface area contributed by atoms with Gasteiger partial charge in [-0.25, -0.2) is 4.79 Å². The summed E-state index contributed by atoms with van der Waals surface area (Å²) in [7, 11) is -2.08. The van der Waals surface area contributed by atoms with Crippen molar-refractivity contribution in [2.75, 3.05) is 0 Å². The SMILES string of the molecule is CC(NC(=O)c1ccccc1P(c1ccccc1)c1ccccc1)C(OC(=O)c1ccccc1P(c1ccccc1)c1ccccc1)c1ccccc1. The number of benzene rings is 7. The van der Waals surface area contributed by atoms with E-state index in [0.29, 0.717) is 11.1 Å². The van der Waals surface area contributed by atoms with E-state index in [1.165, 1.54) is 0 Å². The quantitative estimate of drug-likeness (QED) is 0.103. The van der Waals surface area contributed by atoms with Gasteiger partial charge in [0.15, 0.2) is 0 Å². The van der Waals surface area contributed by atoms with Crippen LogP contribution in [0.4, 0.5) is 0 Å². The molecule has 0 bridgehead atoms. The van der Waals surface area contributed by atoms with Crippen LogP contribution in [0.2, 0.25) is 0 Å². The van der Waals surface area contributed by atoms with Crippen molar-refractivity contribution in [3.63, 3.8) is 0 Å². The van der Waals surface area contributed by atoms with Gasteiger partial charge < -0.3 is 10.1 Å². The first-order valence-electron chi connectivity index (χ1n) is 17.6. The summed E-state index contributed by atoms with van der Waals surface area (Å²) < 4.78 is 6.46. The Morgan fingerprint density at radius 1 is 0.453 bits per heavy atom. The molecule has 7 rings (SSSR count). The highest BCUT2D eigenvalue weighted by molar-refractivity contribution is 7.80. The number of rotatable bonds is 12. The van der Waals surface area contributed by atoms with Crippen LogP contribution >= 0.6 is 15.8 Å². The van der Waals surface area contributed by atoms with E-state index >= 15 is 0 Å². The predicted molar refractivity (Wildman–Crippen MR) is 222 cm³/mol.